The van der Waals surface area contributed by atoms with Crippen LogP contribution in [-0.2, 0) is 49.5 Å². The number of carbonyl (C=O) groups excluding carboxylic acids is 5. The van der Waals surface area contributed by atoms with E-state index in [0.717, 1.165) is 5.57 Å². The van der Waals surface area contributed by atoms with Gasteiger partial charge < -0.3 is 29.8 Å². The molecule has 4 aliphatic rings. The number of nitrogens with zero attached hydrogens (tertiary/aromatic N) is 2. The lowest BCUT2D eigenvalue weighted by Gasteiger charge is -2.59. The van der Waals surface area contributed by atoms with Gasteiger partial charge >= 0.3 is 18.1 Å². The second-order valence-corrected chi connectivity index (χ2v) is 15.7. The number of carbonyl (C=O) groups is 5. The zero-order valence-corrected chi connectivity index (χ0v) is 32.5. The Labute approximate surface area is 334 Å². The molecule has 4 aliphatic carbocycles. The van der Waals surface area contributed by atoms with E-state index in [1.54, 1.807) is 18.2 Å². The zero-order valence-electron chi connectivity index (χ0n) is 32.5. The number of allylic oxidation sites excluding steroid dienone is 4. The van der Waals surface area contributed by atoms with Gasteiger partial charge in [0.15, 0.2) is 18.0 Å². The Kier molecular flexibility index (Phi) is 14.9. The zero-order chi connectivity index (χ0) is 42.3. The van der Waals surface area contributed by atoms with Crippen molar-refractivity contribution in [1.82, 2.24) is 10.8 Å². The third-order valence-electron chi connectivity index (χ3n) is 12.3. The van der Waals surface area contributed by atoms with Gasteiger partial charge in [0.25, 0.3) is 0 Å². The fourth-order valence-electron chi connectivity index (χ4n) is 9.63. The van der Waals surface area contributed by atoms with Crippen molar-refractivity contribution in [3.8, 4) is 5.75 Å². The molecule has 0 aliphatic heterocycles. The van der Waals surface area contributed by atoms with Crippen LogP contribution in [0.1, 0.15) is 77.2 Å². The summed E-state index contributed by atoms with van der Waals surface area (Å²) in [4.78, 5) is 74.1. The Morgan fingerprint density at radius 3 is 2.29 bits per heavy atom. The van der Waals surface area contributed by atoms with Gasteiger partial charge in [0.1, 0.15) is 11.8 Å². The van der Waals surface area contributed by atoms with E-state index in [9.17, 15) is 29.1 Å². The molecule has 58 heavy (non-hydrogen) atoms. The first-order chi connectivity index (χ1) is 27.5. The molecule has 19 nitrogen and oxygen atoms in total. The molecule has 1 aromatic carbocycles. The molecule has 0 amide bonds. The van der Waals surface area contributed by atoms with Crippen LogP contribution in [0, 0.1) is 28.6 Å². The minimum atomic E-state index is -1.78. The highest BCUT2D eigenvalue weighted by atomic mass is 17.1. The Bertz CT molecular complexity index is 1720. The van der Waals surface area contributed by atoms with Gasteiger partial charge in [-0.3, -0.25) is 49.7 Å². The first-order valence-electron chi connectivity index (χ1n) is 19.3. The highest BCUT2D eigenvalue weighted by molar-refractivity contribution is 6.01. The number of fused-ring (bicyclic) bond motifs is 5. The van der Waals surface area contributed by atoms with E-state index in [1.165, 1.54) is 18.2 Å². The van der Waals surface area contributed by atoms with E-state index >= 15 is 0 Å². The average Bonchev–Trinajstić information content (AvgIpc) is 3.45. The van der Waals surface area contributed by atoms with Crippen molar-refractivity contribution in [3.05, 3.63) is 53.6 Å². The molecule has 0 spiro atoms. The number of Topliss-reactive ketones (excluding diaryl/α,β-unsaturated/α-hetero) is 1. The van der Waals surface area contributed by atoms with Crippen LogP contribution in [0.4, 0.5) is 4.79 Å². The first kappa shape index (κ1) is 44.9. The third-order valence-corrected chi connectivity index (χ3v) is 12.3. The largest absolute Gasteiger partial charge is 0.514 e. The van der Waals surface area contributed by atoms with Crippen LogP contribution >= 0.6 is 0 Å². The summed E-state index contributed by atoms with van der Waals surface area (Å²) in [6.45, 7) is 2.88. The summed E-state index contributed by atoms with van der Waals surface area (Å²) in [6, 6.07) is 5.08. The molecule has 19 heteroatoms. The maximum Gasteiger partial charge on any atom is 0.514 e. The third kappa shape index (κ3) is 10.2. The van der Waals surface area contributed by atoms with Crippen LogP contribution in [0.15, 0.2) is 48.1 Å². The Hall–Kier alpha value is -4.15. The molecule has 3 fully saturated rings. The summed E-state index contributed by atoms with van der Waals surface area (Å²) in [5, 5.41) is 45.7. The number of unbranched alkanes of at least 4 members (excludes halogenated alkanes) is 1. The molecular weight excluding hydrogens is 766 g/mol. The van der Waals surface area contributed by atoms with E-state index in [4.69, 9.17) is 45.5 Å². The van der Waals surface area contributed by atoms with Crippen molar-refractivity contribution in [2.75, 3.05) is 26.4 Å². The number of ketones is 2. The maximum atomic E-state index is 14.4. The van der Waals surface area contributed by atoms with Crippen LogP contribution < -0.4 is 10.5 Å². The SMILES string of the molecule is C[C@]12C=CC(=O)C=C1CCC1C3CC[C@](OC(=O)CCCON(O)O)(C(=O)COC(=O)Oc4ccc(C[C@H](N)C(=O)OCCCCON(O)O)cc4)[C@@]3(C)C[C@H](O)[C@@H]12. The Morgan fingerprint density at radius 1 is 0.931 bits per heavy atom. The standard InChI is InChI=1S/C39H53N3O16/c1-37-15-13-26(43)21-25(37)9-12-28-29-14-16-39(38(29,2)22-31(44)34(28)37,58-33(46)6-5-19-56-42(51)52)32(45)23-54-36(48)57-27-10-7-24(8-11-27)20-30(40)35(47)53-17-3-4-18-55-41(49)50/h7-8,10-11,13,15,21,28-31,34,44,49-52H,3-6,9,12,14,16-20,22-23,40H2,1-2H3/t28?,29?,30-,31-,34+,37-,38-,39-/m0/s1. The van der Waals surface area contributed by atoms with Crippen molar-refractivity contribution in [2.24, 2.45) is 34.3 Å². The van der Waals surface area contributed by atoms with E-state index in [2.05, 4.69) is 9.68 Å². The summed E-state index contributed by atoms with van der Waals surface area (Å²) >= 11 is 0. The summed E-state index contributed by atoms with van der Waals surface area (Å²) in [5.41, 5.74) is 4.16. The van der Waals surface area contributed by atoms with E-state index < -0.39 is 69.8 Å². The van der Waals surface area contributed by atoms with Gasteiger partial charge in [-0.2, -0.15) is 0 Å². The van der Waals surface area contributed by atoms with Crippen molar-refractivity contribution in [1.29, 1.82) is 0 Å². The summed E-state index contributed by atoms with van der Waals surface area (Å²) in [7, 11) is 0. The number of aliphatic hydroxyl groups excluding tert-OH is 1. The summed E-state index contributed by atoms with van der Waals surface area (Å²) in [5.74, 6) is -2.60. The van der Waals surface area contributed by atoms with Gasteiger partial charge in [0, 0.05) is 23.2 Å². The lowest BCUT2D eigenvalue weighted by atomic mass is 9.46. The van der Waals surface area contributed by atoms with Crippen molar-refractivity contribution < 1.29 is 78.5 Å². The molecule has 3 saturated carbocycles. The second-order valence-electron chi connectivity index (χ2n) is 15.7. The summed E-state index contributed by atoms with van der Waals surface area (Å²) < 4.78 is 21.8. The van der Waals surface area contributed by atoms with E-state index in [0.29, 0.717) is 37.7 Å². The molecule has 1 aromatic rings. The lowest BCUT2D eigenvalue weighted by molar-refractivity contribution is -0.492. The number of benzene rings is 1. The molecule has 0 aromatic heterocycles. The highest BCUT2D eigenvalue weighted by Crippen LogP contribution is 2.68. The number of hydrogen-bond donors (Lipinski definition) is 6. The van der Waals surface area contributed by atoms with E-state index in [-0.39, 0.29) is 81.2 Å². The van der Waals surface area contributed by atoms with Gasteiger partial charge in [-0.15, -0.1) is 0 Å². The molecule has 320 valence electrons. The van der Waals surface area contributed by atoms with Crippen LogP contribution in [0.25, 0.3) is 0 Å². The highest BCUT2D eigenvalue weighted by Gasteiger charge is 2.70. The lowest BCUT2D eigenvalue weighted by Crippen LogP contribution is -2.63. The van der Waals surface area contributed by atoms with Gasteiger partial charge in [0.2, 0.25) is 5.78 Å². The van der Waals surface area contributed by atoms with Gasteiger partial charge in [0.05, 0.1) is 36.7 Å². The molecule has 7 N–H and O–H groups in total. The van der Waals surface area contributed by atoms with Gasteiger partial charge in [-0.25, -0.2) is 4.79 Å². The van der Waals surface area contributed by atoms with Crippen LogP contribution in [0.3, 0.4) is 0 Å². The van der Waals surface area contributed by atoms with Gasteiger partial charge in [-0.1, -0.05) is 37.6 Å². The van der Waals surface area contributed by atoms with Gasteiger partial charge in [-0.05, 0) is 99.5 Å². The smallest absolute Gasteiger partial charge is 0.465 e. The normalized spacial score (nSPS) is 29.2. The topological polar surface area (TPSA) is 274 Å². The summed E-state index contributed by atoms with van der Waals surface area (Å²) in [6.07, 6.45) is 5.61. The molecule has 2 unspecified atom stereocenters. The van der Waals surface area contributed by atoms with Crippen molar-refractivity contribution in [2.45, 2.75) is 95.8 Å². The molecular formula is C39H53N3O16. The fraction of sp³-hybridized carbons (Fsp3) is 0.615. The number of rotatable bonds is 19. The molecule has 0 radical (unpaired) electrons. The minimum Gasteiger partial charge on any atom is -0.465 e. The Morgan fingerprint density at radius 2 is 1.60 bits per heavy atom. The fourth-order valence-corrected chi connectivity index (χ4v) is 9.63. The number of esters is 2. The van der Waals surface area contributed by atoms with Crippen LogP contribution in [-0.4, -0.2) is 111 Å². The molecule has 0 saturated heterocycles. The van der Waals surface area contributed by atoms with Crippen LogP contribution in [0.5, 0.6) is 5.75 Å². The number of ether oxygens (including phenoxy) is 4. The predicted octanol–water partition coefficient (Wildman–Crippen LogP) is 3.33. The monoisotopic (exact) mass is 819 g/mol. The number of nitrogens with two attached hydrogens (primary N) is 1. The second kappa shape index (κ2) is 19.3. The molecule has 5 rings (SSSR count). The first-order valence-corrected chi connectivity index (χ1v) is 19.3. The van der Waals surface area contributed by atoms with Crippen molar-refractivity contribution in [3.63, 3.8) is 0 Å². The minimum absolute atomic E-state index is 0.00983. The molecule has 0 bridgehead atoms. The maximum absolute atomic E-state index is 14.4. The Balaban J connectivity index is 1.22. The quantitative estimate of drug-likeness (QED) is 0.0384. The average molecular weight is 820 g/mol. The number of aliphatic hydroxyl groups is 1. The predicted molar refractivity (Wildman–Crippen MR) is 194 cm³/mol. The molecule has 8 atom stereocenters. The van der Waals surface area contributed by atoms with Crippen molar-refractivity contribution >= 4 is 29.7 Å². The number of hydrogen-bond acceptors (Lipinski definition) is 19. The molecule has 0 heterocycles. The van der Waals surface area contributed by atoms with Crippen LogP contribution in [0.2, 0.25) is 0 Å². The van der Waals surface area contributed by atoms with E-state index in [1.807, 2.05) is 19.9 Å².